The minimum absolute atomic E-state index is 0.320. The van der Waals surface area contributed by atoms with E-state index < -0.39 is 0 Å². The number of methoxy groups -OCH3 is 1. The largest absolute Gasteiger partial charge is 0.465 e. The number of carbonyl (C=O) groups excluding carboxylic acids is 1. The lowest BCUT2D eigenvalue weighted by molar-refractivity contribution is 0.0601. The molecule has 4 heteroatoms. The minimum Gasteiger partial charge on any atom is -0.465 e. The fourth-order valence-corrected chi connectivity index (χ4v) is 3.20. The summed E-state index contributed by atoms with van der Waals surface area (Å²) in [6.07, 6.45) is 2.04. The van der Waals surface area contributed by atoms with E-state index in [0.717, 1.165) is 34.3 Å². The number of hydrogen-bond donors (Lipinski definition) is 0. The summed E-state index contributed by atoms with van der Waals surface area (Å²) in [7, 11) is 1.40. The lowest BCUT2D eigenvalue weighted by Gasteiger charge is -2.12. The fourth-order valence-electron chi connectivity index (χ4n) is 3.00. The summed E-state index contributed by atoms with van der Waals surface area (Å²) in [6.45, 7) is 2.85. The van der Waals surface area contributed by atoms with Crippen molar-refractivity contribution in [3.8, 4) is 0 Å². The van der Waals surface area contributed by atoms with Crippen LogP contribution in [0.3, 0.4) is 0 Å². The van der Waals surface area contributed by atoms with Crippen LogP contribution in [0.2, 0.25) is 5.02 Å². The van der Waals surface area contributed by atoms with Crippen LogP contribution in [0.1, 0.15) is 35.0 Å². The van der Waals surface area contributed by atoms with Crippen molar-refractivity contribution in [2.24, 2.45) is 0 Å². The summed E-state index contributed by atoms with van der Waals surface area (Å²) < 4.78 is 7.09. The van der Waals surface area contributed by atoms with Crippen molar-refractivity contribution in [2.45, 2.75) is 26.3 Å². The summed E-state index contributed by atoms with van der Waals surface area (Å²) in [6, 6.07) is 15.7. The van der Waals surface area contributed by atoms with E-state index in [0.29, 0.717) is 12.1 Å². The highest BCUT2D eigenvalue weighted by atomic mass is 35.5. The molecule has 0 aliphatic carbocycles. The highest BCUT2D eigenvalue weighted by molar-refractivity contribution is 6.31. The van der Waals surface area contributed by atoms with Gasteiger partial charge in [0.2, 0.25) is 0 Å². The van der Waals surface area contributed by atoms with Gasteiger partial charge in [0.05, 0.1) is 12.7 Å². The molecule has 0 saturated carbocycles. The predicted molar refractivity (Wildman–Crippen MR) is 97.8 cm³/mol. The Balaban J connectivity index is 2.13. The van der Waals surface area contributed by atoms with Gasteiger partial charge in [0, 0.05) is 22.8 Å². The molecule has 0 spiro atoms. The van der Waals surface area contributed by atoms with Gasteiger partial charge < -0.3 is 9.30 Å². The Kier molecular flexibility index (Phi) is 4.91. The second-order valence-corrected chi connectivity index (χ2v) is 6.24. The van der Waals surface area contributed by atoms with Crippen LogP contribution in [0.15, 0.2) is 48.5 Å². The van der Waals surface area contributed by atoms with E-state index in [2.05, 4.69) is 17.6 Å². The third-order valence-corrected chi connectivity index (χ3v) is 4.57. The average Bonchev–Trinajstić information content (AvgIpc) is 2.93. The number of esters is 1. The van der Waals surface area contributed by atoms with Crippen LogP contribution >= 0.6 is 11.6 Å². The standard InChI is InChI=1S/C20H20ClNO2/c1-3-6-17-11-14-9-10-15(20(23)24-2)12-19(14)22(17)13-16-7-4-5-8-18(16)21/h4-5,7-12H,3,6,13H2,1-2H3. The van der Waals surface area contributed by atoms with Crippen LogP contribution in [-0.2, 0) is 17.7 Å². The van der Waals surface area contributed by atoms with Crippen molar-refractivity contribution in [3.05, 3.63) is 70.4 Å². The van der Waals surface area contributed by atoms with E-state index in [1.54, 1.807) is 0 Å². The first-order valence-electron chi connectivity index (χ1n) is 8.08. The minimum atomic E-state index is -0.320. The van der Waals surface area contributed by atoms with Gasteiger partial charge in [-0.05, 0) is 41.6 Å². The van der Waals surface area contributed by atoms with Gasteiger partial charge in [-0.3, -0.25) is 0 Å². The zero-order valence-corrected chi connectivity index (χ0v) is 14.6. The van der Waals surface area contributed by atoms with Crippen molar-refractivity contribution < 1.29 is 9.53 Å². The highest BCUT2D eigenvalue weighted by Gasteiger charge is 2.13. The van der Waals surface area contributed by atoms with E-state index in [-0.39, 0.29) is 5.97 Å². The third kappa shape index (κ3) is 3.17. The quantitative estimate of drug-likeness (QED) is 0.606. The van der Waals surface area contributed by atoms with Crippen molar-refractivity contribution in [2.75, 3.05) is 7.11 Å². The molecule has 0 N–H and O–H groups in total. The summed E-state index contributed by atoms with van der Waals surface area (Å²) >= 11 is 6.34. The first kappa shape index (κ1) is 16.6. The Morgan fingerprint density at radius 3 is 2.67 bits per heavy atom. The lowest BCUT2D eigenvalue weighted by atomic mass is 10.1. The molecule has 2 aromatic carbocycles. The van der Waals surface area contributed by atoms with Crippen LogP contribution in [0.25, 0.3) is 10.9 Å². The summed E-state index contributed by atoms with van der Waals surface area (Å²) in [5.41, 5.74) is 3.90. The molecule has 3 nitrogen and oxygen atoms in total. The van der Waals surface area contributed by atoms with Crippen LogP contribution in [-0.4, -0.2) is 17.6 Å². The number of ether oxygens (including phenoxy) is 1. The summed E-state index contributed by atoms with van der Waals surface area (Å²) in [5.74, 6) is -0.320. The Hall–Kier alpha value is -2.26. The molecule has 124 valence electrons. The lowest BCUT2D eigenvalue weighted by Crippen LogP contribution is -2.06. The molecule has 1 aromatic heterocycles. The van der Waals surface area contributed by atoms with Crippen molar-refractivity contribution in [1.82, 2.24) is 4.57 Å². The molecule has 0 unspecified atom stereocenters. The van der Waals surface area contributed by atoms with Gasteiger partial charge in [0.1, 0.15) is 0 Å². The number of fused-ring (bicyclic) bond motifs is 1. The van der Waals surface area contributed by atoms with Crippen LogP contribution in [0.5, 0.6) is 0 Å². The molecule has 0 saturated heterocycles. The van der Waals surface area contributed by atoms with Crippen molar-refractivity contribution >= 4 is 28.5 Å². The predicted octanol–water partition coefficient (Wildman–Crippen LogP) is 5.08. The molecule has 0 aliphatic heterocycles. The molecule has 3 rings (SSSR count). The first-order chi connectivity index (χ1) is 11.6. The number of aryl methyl sites for hydroxylation is 1. The Morgan fingerprint density at radius 2 is 1.96 bits per heavy atom. The van der Waals surface area contributed by atoms with Gasteiger partial charge in [-0.1, -0.05) is 49.2 Å². The van der Waals surface area contributed by atoms with E-state index in [4.69, 9.17) is 16.3 Å². The zero-order chi connectivity index (χ0) is 17.1. The number of nitrogens with zero attached hydrogens (tertiary/aromatic N) is 1. The zero-order valence-electron chi connectivity index (χ0n) is 13.9. The Labute approximate surface area is 146 Å². The monoisotopic (exact) mass is 341 g/mol. The van der Waals surface area contributed by atoms with Crippen LogP contribution in [0, 0.1) is 0 Å². The van der Waals surface area contributed by atoms with E-state index in [1.165, 1.54) is 12.8 Å². The number of aromatic nitrogens is 1. The molecule has 24 heavy (non-hydrogen) atoms. The van der Waals surface area contributed by atoms with Gasteiger partial charge in [0.15, 0.2) is 0 Å². The SMILES string of the molecule is CCCc1cc2ccc(C(=O)OC)cc2n1Cc1ccccc1Cl. The molecular formula is C20H20ClNO2. The van der Waals surface area contributed by atoms with Gasteiger partial charge >= 0.3 is 5.97 Å². The topological polar surface area (TPSA) is 31.2 Å². The maximum atomic E-state index is 11.9. The molecule has 0 atom stereocenters. The molecule has 0 amide bonds. The maximum absolute atomic E-state index is 11.9. The molecule has 0 aliphatic rings. The summed E-state index contributed by atoms with van der Waals surface area (Å²) in [4.78, 5) is 11.9. The molecule has 1 heterocycles. The van der Waals surface area contributed by atoms with E-state index >= 15 is 0 Å². The average molecular weight is 342 g/mol. The maximum Gasteiger partial charge on any atom is 0.337 e. The highest BCUT2D eigenvalue weighted by Crippen LogP contribution is 2.26. The first-order valence-corrected chi connectivity index (χ1v) is 8.45. The Morgan fingerprint density at radius 1 is 1.17 bits per heavy atom. The number of benzene rings is 2. The smallest absolute Gasteiger partial charge is 0.337 e. The Bertz CT molecular complexity index is 882. The summed E-state index contributed by atoms with van der Waals surface area (Å²) in [5, 5.41) is 1.88. The number of rotatable bonds is 5. The van der Waals surface area contributed by atoms with E-state index in [9.17, 15) is 4.79 Å². The number of carbonyl (C=O) groups is 1. The van der Waals surface area contributed by atoms with E-state index in [1.807, 2.05) is 42.5 Å². The molecule has 0 bridgehead atoms. The second-order valence-electron chi connectivity index (χ2n) is 5.83. The fraction of sp³-hybridized carbons (Fsp3) is 0.250. The van der Waals surface area contributed by atoms with Gasteiger partial charge in [-0.2, -0.15) is 0 Å². The van der Waals surface area contributed by atoms with Crippen LogP contribution in [0.4, 0.5) is 0 Å². The van der Waals surface area contributed by atoms with Crippen molar-refractivity contribution in [3.63, 3.8) is 0 Å². The molecule has 0 radical (unpaired) electrons. The van der Waals surface area contributed by atoms with Gasteiger partial charge in [-0.25, -0.2) is 4.79 Å². The molecule has 3 aromatic rings. The molecular weight excluding hydrogens is 322 g/mol. The van der Waals surface area contributed by atoms with Gasteiger partial charge in [-0.15, -0.1) is 0 Å². The molecule has 0 fully saturated rings. The van der Waals surface area contributed by atoms with Gasteiger partial charge in [0.25, 0.3) is 0 Å². The van der Waals surface area contributed by atoms with Crippen molar-refractivity contribution in [1.29, 1.82) is 0 Å². The normalized spacial score (nSPS) is 11.0. The van der Waals surface area contributed by atoms with Crippen LogP contribution < -0.4 is 0 Å². The second kappa shape index (κ2) is 7.10. The third-order valence-electron chi connectivity index (χ3n) is 4.20. The number of halogens is 1. The number of hydrogen-bond acceptors (Lipinski definition) is 2.